The Hall–Kier alpha value is 0.576. The second-order valence-corrected chi connectivity index (χ2v) is 5.96. The van der Waals surface area contributed by atoms with E-state index in [4.69, 9.17) is 0 Å². The van der Waals surface area contributed by atoms with Crippen molar-refractivity contribution in [2.75, 3.05) is 0 Å². The van der Waals surface area contributed by atoms with Gasteiger partial charge in [-0.25, -0.2) is 0 Å². The first kappa shape index (κ1) is 23.8. The van der Waals surface area contributed by atoms with E-state index in [-0.39, 0.29) is 57.8 Å². The molecule has 0 amide bonds. The molecule has 0 spiro atoms. The molecular formula is C16H31KO4. The number of unbranched alkanes of at least 4 members (excludes halogenated alkanes) is 7. The zero-order chi connectivity index (χ0) is 15.6. The Bertz CT molecular complexity index is 289. The number of hydrogen-bond acceptors (Lipinski definition) is 2. The summed E-state index contributed by atoms with van der Waals surface area (Å²) in [6, 6.07) is 0. The molecular weight excluding hydrogens is 295 g/mol. The molecule has 0 saturated carbocycles. The Morgan fingerprint density at radius 2 is 1.24 bits per heavy atom. The molecule has 0 atom stereocenters. The van der Waals surface area contributed by atoms with Crippen LogP contribution in [0.15, 0.2) is 0 Å². The van der Waals surface area contributed by atoms with Gasteiger partial charge in [0.05, 0.1) is 0 Å². The SMILES string of the molecule is CCCCCCCCCCC(C(=O)O)(C(=O)O)C(C)C.[KH]. The van der Waals surface area contributed by atoms with Crippen LogP contribution >= 0.6 is 0 Å². The molecule has 0 bridgehead atoms. The van der Waals surface area contributed by atoms with E-state index in [1.807, 2.05) is 0 Å². The molecule has 0 aliphatic heterocycles. The molecule has 0 heterocycles. The summed E-state index contributed by atoms with van der Waals surface area (Å²) >= 11 is 0. The Balaban J connectivity index is 0. The van der Waals surface area contributed by atoms with Gasteiger partial charge in [0.1, 0.15) is 0 Å². The van der Waals surface area contributed by atoms with Crippen LogP contribution in [0.3, 0.4) is 0 Å². The predicted molar refractivity (Wildman–Crippen MR) is 86.9 cm³/mol. The minimum absolute atomic E-state index is 0. The summed E-state index contributed by atoms with van der Waals surface area (Å²) in [5, 5.41) is 18.6. The molecule has 4 nitrogen and oxygen atoms in total. The van der Waals surface area contributed by atoms with Crippen LogP contribution in [-0.2, 0) is 9.59 Å². The van der Waals surface area contributed by atoms with E-state index in [9.17, 15) is 19.8 Å². The molecule has 0 aliphatic carbocycles. The monoisotopic (exact) mass is 326 g/mol. The van der Waals surface area contributed by atoms with Crippen LogP contribution in [0.4, 0.5) is 0 Å². The molecule has 0 aromatic rings. The molecule has 2 N–H and O–H groups in total. The van der Waals surface area contributed by atoms with Gasteiger partial charge in [0.2, 0.25) is 0 Å². The van der Waals surface area contributed by atoms with Gasteiger partial charge in [0, 0.05) is 0 Å². The van der Waals surface area contributed by atoms with Gasteiger partial charge in [-0.15, -0.1) is 0 Å². The van der Waals surface area contributed by atoms with E-state index in [2.05, 4.69) is 6.92 Å². The second-order valence-electron chi connectivity index (χ2n) is 5.96. The van der Waals surface area contributed by atoms with E-state index in [0.29, 0.717) is 6.42 Å². The van der Waals surface area contributed by atoms with Crippen molar-refractivity contribution in [2.45, 2.75) is 78.6 Å². The fourth-order valence-corrected chi connectivity index (χ4v) is 2.63. The van der Waals surface area contributed by atoms with Crippen molar-refractivity contribution in [3.63, 3.8) is 0 Å². The van der Waals surface area contributed by atoms with Gasteiger partial charge in [-0.1, -0.05) is 72.1 Å². The summed E-state index contributed by atoms with van der Waals surface area (Å²) in [4.78, 5) is 22.7. The van der Waals surface area contributed by atoms with E-state index in [1.54, 1.807) is 13.8 Å². The number of rotatable bonds is 12. The van der Waals surface area contributed by atoms with Crippen LogP contribution < -0.4 is 0 Å². The number of carboxylic acid groups (broad SMARTS) is 2. The molecule has 0 fully saturated rings. The van der Waals surface area contributed by atoms with Gasteiger partial charge in [-0.05, 0) is 12.3 Å². The first-order valence-electron chi connectivity index (χ1n) is 7.86. The van der Waals surface area contributed by atoms with Crippen LogP contribution in [0.1, 0.15) is 78.6 Å². The third-order valence-electron chi connectivity index (χ3n) is 4.17. The van der Waals surface area contributed by atoms with Crippen molar-refractivity contribution < 1.29 is 19.8 Å². The van der Waals surface area contributed by atoms with Crippen LogP contribution in [0.25, 0.3) is 0 Å². The molecule has 5 heteroatoms. The summed E-state index contributed by atoms with van der Waals surface area (Å²) in [5.74, 6) is -2.81. The van der Waals surface area contributed by atoms with Gasteiger partial charge in [-0.2, -0.15) is 0 Å². The maximum absolute atomic E-state index is 11.4. The van der Waals surface area contributed by atoms with E-state index < -0.39 is 23.3 Å². The van der Waals surface area contributed by atoms with Crippen molar-refractivity contribution in [3.8, 4) is 0 Å². The first-order chi connectivity index (χ1) is 9.39. The summed E-state index contributed by atoms with van der Waals surface area (Å²) in [5.41, 5.74) is -1.62. The molecule has 0 aromatic carbocycles. The Morgan fingerprint density at radius 3 is 1.57 bits per heavy atom. The van der Waals surface area contributed by atoms with Crippen molar-refractivity contribution in [2.24, 2.45) is 11.3 Å². The number of hydrogen-bond donors (Lipinski definition) is 2. The molecule has 0 rings (SSSR count). The fraction of sp³-hybridized carbons (Fsp3) is 0.875. The zero-order valence-electron chi connectivity index (χ0n) is 13.2. The third-order valence-corrected chi connectivity index (χ3v) is 4.17. The molecule has 0 aliphatic rings. The standard InChI is InChI=1S/C16H30O4.K.H/c1-4-5-6-7-8-9-10-11-12-16(13(2)3,14(17)18)15(19)20;;/h13H,4-12H2,1-3H3,(H,17,18)(H,19,20);;. The maximum atomic E-state index is 11.4. The molecule has 0 saturated heterocycles. The summed E-state index contributed by atoms with van der Waals surface area (Å²) < 4.78 is 0. The first-order valence-corrected chi connectivity index (χ1v) is 7.86. The van der Waals surface area contributed by atoms with Crippen molar-refractivity contribution in [3.05, 3.63) is 0 Å². The van der Waals surface area contributed by atoms with Crippen LogP contribution in [0.5, 0.6) is 0 Å². The third kappa shape index (κ3) is 8.12. The average Bonchev–Trinajstić information content (AvgIpc) is 2.35. The quantitative estimate of drug-likeness (QED) is 0.326. The minimum atomic E-state index is -1.62. The van der Waals surface area contributed by atoms with Crippen LogP contribution in [-0.4, -0.2) is 73.5 Å². The summed E-state index contributed by atoms with van der Waals surface area (Å²) in [6.07, 6.45) is 9.03. The van der Waals surface area contributed by atoms with Gasteiger partial charge in [-0.3, -0.25) is 9.59 Å². The van der Waals surface area contributed by atoms with E-state index in [0.717, 1.165) is 19.3 Å². The normalized spacial score (nSPS) is 11.2. The Labute approximate surface area is 171 Å². The van der Waals surface area contributed by atoms with E-state index in [1.165, 1.54) is 25.7 Å². The number of aliphatic carboxylic acids is 2. The molecule has 21 heavy (non-hydrogen) atoms. The average molecular weight is 327 g/mol. The molecule has 0 unspecified atom stereocenters. The van der Waals surface area contributed by atoms with Crippen LogP contribution in [0.2, 0.25) is 0 Å². The van der Waals surface area contributed by atoms with Crippen molar-refractivity contribution in [1.82, 2.24) is 0 Å². The Kier molecular flexibility index (Phi) is 14.8. The summed E-state index contributed by atoms with van der Waals surface area (Å²) in [7, 11) is 0. The van der Waals surface area contributed by atoms with E-state index >= 15 is 0 Å². The molecule has 0 radical (unpaired) electrons. The zero-order valence-corrected chi connectivity index (χ0v) is 13.2. The predicted octanol–water partition coefficient (Wildman–Crippen LogP) is 3.68. The number of carbonyl (C=O) groups is 2. The fourth-order valence-electron chi connectivity index (χ4n) is 2.63. The molecule has 0 aromatic heterocycles. The Morgan fingerprint density at radius 1 is 0.857 bits per heavy atom. The van der Waals surface area contributed by atoms with Gasteiger partial charge in [0.15, 0.2) is 5.41 Å². The second kappa shape index (κ2) is 13.1. The summed E-state index contributed by atoms with van der Waals surface area (Å²) in [6.45, 7) is 5.53. The topological polar surface area (TPSA) is 74.6 Å². The van der Waals surface area contributed by atoms with Gasteiger partial charge < -0.3 is 10.2 Å². The van der Waals surface area contributed by atoms with Gasteiger partial charge in [0.25, 0.3) is 0 Å². The van der Waals surface area contributed by atoms with Gasteiger partial charge >= 0.3 is 63.3 Å². The van der Waals surface area contributed by atoms with Crippen LogP contribution in [0, 0.1) is 11.3 Å². The van der Waals surface area contributed by atoms with Crippen molar-refractivity contribution in [1.29, 1.82) is 0 Å². The number of carboxylic acids is 2. The van der Waals surface area contributed by atoms with Crippen molar-refractivity contribution >= 4 is 63.3 Å². The molecule has 120 valence electrons.